The van der Waals surface area contributed by atoms with Gasteiger partial charge in [-0.25, -0.2) is 9.37 Å². The predicted octanol–water partition coefficient (Wildman–Crippen LogP) is 5.06. The van der Waals surface area contributed by atoms with Crippen LogP contribution in [0.15, 0.2) is 18.2 Å². The van der Waals surface area contributed by atoms with Gasteiger partial charge in [0.15, 0.2) is 5.82 Å². The average molecular weight is 487 g/mol. The molecule has 8 nitrogen and oxygen atoms in total. The molecule has 0 bridgehead atoms. The number of fused-ring (bicyclic) bond motifs is 1. The molecule has 0 spiro atoms. The first-order chi connectivity index (χ1) is 16.4. The van der Waals surface area contributed by atoms with E-state index >= 15 is 0 Å². The van der Waals surface area contributed by atoms with Crippen LogP contribution in [0.25, 0.3) is 10.2 Å². The van der Waals surface area contributed by atoms with Crippen LogP contribution in [-0.4, -0.2) is 36.0 Å². The molecule has 2 N–H and O–H groups in total. The molecule has 10 heteroatoms. The molecule has 0 saturated heterocycles. The Kier molecular flexibility index (Phi) is 7.38. The van der Waals surface area contributed by atoms with Crippen LogP contribution in [0, 0.1) is 18.7 Å². The fraction of sp³-hybridized carbons (Fsp3) is 0.417. The van der Waals surface area contributed by atoms with Crippen molar-refractivity contribution in [2.45, 2.75) is 45.6 Å². The molecule has 0 aliphatic heterocycles. The first-order valence-electron chi connectivity index (χ1n) is 11.2. The number of benzene rings is 1. The van der Waals surface area contributed by atoms with Gasteiger partial charge in [0, 0.05) is 18.7 Å². The fourth-order valence-corrected chi connectivity index (χ4v) is 5.27. The third-order valence-electron chi connectivity index (χ3n) is 5.93. The minimum Gasteiger partial charge on any atom is -0.480 e. The van der Waals surface area contributed by atoms with Crippen molar-refractivity contribution >= 4 is 44.7 Å². The SMILES string of the molecule is COCc1nc(OC)c2c(C)c(C(=O)Nc3ccc(F)c(NC(=O)C4CCCCC4)c3)sc2n1. The van der Waals surface area contributed by atoms with Crippen LogP contribution < -0.4 is 15.4 Å². The Morgan fingerprint density at radius 1 is 1.15 bits per heavy atom. The van der Waals surface area contributed by atoms with Crippen LogP contribution in [0.1, 0.15) is 53.2 Å². The molecule has 1 aliphatic rings. The van der Waals surface area contributed by atoms with Crippen molar-refractivity contribution in [1.29, 1.82) is 0 Å². The minimum atomic E-state index is -0.550. The molecule has 2 aromatic heterocycles. The van der Waals surface area contributed by atoms with E-state index in [1.807, 2.05) is 0 Å². The van der Waals surface area contributed by atoms with Crippen molar-refractivity contribution in [3.63, 3.8) is 0 Å². The molecule has 0 unspecified atom stereocenters. The van der Waals surface area contributed by atoms with E-state index in [1.165, 1.54) is 36.6 Å². The minimum absolute atomic E-state index is 0.0539. The van der Waals surface area contributed by atoms with Gasteiger partial charge in [-0.2, -0.15) is 4.98 Å². The maximum atomic E-state index is 14.4. The number of hydrogen-bond acceptors (Lipinski definition) is 7. The highest BCUT2D eigenvalue weighted by atomic mass is 32.1. The molecule has 2 heterocycles. The summed E-state index contributed by atoms with van der Waals surface area (Å²) < 4.78 is 24.9. The van der Waals surface area contributed by atoms with Gasteiger partial charge >= 0.3 is 0 Å². The largest absolute Gasteiger partial charge is 0.480 e. The quantitative estimate of drug-likeness (QED) is 0.484. The maximum absolute atomic E-state index is 14.4. The number of methoxy groups -OCH3 is 2. The number of hydrogen-bond donors (Lipinski definition) is 2. The highest BCUT2D eigenvalue weighted by Gasteiger charge is 2.23. The highest BCUT2D eigenvalue weighted by Crippen LogP contribution is 2.35. The normalized spacial score (nSPS) is 14.2. The lowest BCUT2D eigenvalue weighted by Gasteiger charge is -2.21. The first kappa shape index (κ1) is 24.0. The van der Waals surface area contributed by atoms with Crippen molar-refractivity contribution in [2.24, 2.45) is 5.92 Å². The Balaban J connectivity index is 1.56. The van der Waals surface area contributed by atoms with E-state index in [2.05, 4.69) is 20.6 Å². The molecule has 34 heavy (non-hydrogen) atoms. The summed E-state index contributed by atoms with van der Waals surface area (Å²) in [5, 5.41) is 6.15. The Hall–Kier alpha value is -3.11. The van der Waals surface area contributed by atoms with Gasteiger partial charge in [0.2, 0.25) is 11.8 Å². The third kappa shape index (κ3) is 5.02. The fourth-order valence-electron chi connectivity index (χ4n) is 4.19. The molecule has 180 valence electrons. The second kappa shape index (κ2) is 10.4. The number of ether oxygens (including phenoxy) is 2. The number of thiophene rings is 1. The van der Waals surface area contributed by atoms with Gasteiger partial charge < -0.3 is 20.1 Å². The molecule has 2 amide bonds. The van der Waals surface area contributed by atoms with Gasteiger partial charge in [-0.3, -0.25) is 9.59 Å². The van der Waals surface area contributed by atoms with Crippen molar-refractivity contribution in [2.75, 3.05) is 24.9 Å². The van der Waals surface area contributed by atoms with Crippen LogP contribution in [0.2, 0.25) is 0 Å². The molecular weight excluding hydrogens is 459 g/mol. The number of aryl methyl sites for hydroxylation is 1. The van der Waals surface area contributed by atoms with E-state index in [4.69, 9.17) is 9.47 Å². The van der Waals surface area contributed by atoms with Crippen molar-refractivity contribution in [1.82, 2.24) is 9.97 Å². The maximum Gasteiger partial charge on any atom is 0.266 e. The van der Waals surface area contributed by atoms with Gasteiger partial charge in [0.25, 0.3) is 5.91 Å². The Morgan fingerprint density at radius 3 is 2.62 bits per heavy atom. The molecule has 0 radical (unpaired) electrons. The summed E-state index contributed by atoms with van der Waals surface area (Å²) in [7, 11) is 3.06. The van der Waals surface area contributed by atoms with Crippen LogP contribution in [0.5, 0.6) is 5.88 Å². The van der Waals surface area contributed by atoms with E-state index in [0.29, 0.717) is 38.0 Å². The Morgan fingerprint density at radius 2 is 1.91 bits per heavy atom. The van der Waals surface area contributed by atoms with Crippen molar-refractivity contribution < 1.29 is 23.5 Å². The molecule has 1 aliphatic carbocycles. The van der Waals surface area contributed by atoms with E-state index in [1.54, 1.807) is 14.0 Å². The van der Waals surface area contributed by atoms with E-state index in [-0.39, 0.29) is 30.0 Å². The number of amides is 2. The van der Waals surface area contributed by atoms with Gasteiger partial charge in [0.05, 0.1) is 23.1 Å². The van der Waals surface area contributed by atoms with Crippen molar-refractivity contribution in [3.8, 4) is 5.88 Å². The summed E-state index contributed by atoms with van der Waals surface area (Å²) in [4.78, 5) is 35.5. The number of carbonyl (C=O) groups is 2. The smallest absolute Gasteiger partial charge is 0.266 e. The van der Waals surface area contributed by atoms with Crippen LogP contribution in [0.4, 0.5) is 15.8 Å². The Labute approximate surface area is 200 Å². The average Bonchev–Trinajstić information content (AvgIpc) is 3.18. The molecule has 1 aromatic carbocycles. The number of anilines is 2. The summed E-state index contributed by atoms with van der Waals surface area (Å²) in [5.74, 6) is -0.374. The zero-order valence-corrected chi connectivity index (χ0v) is 20.2. The summed E-state index contributed by atoms with van der Waals surface area (Å²) in [6.07, 6.45) is 4.77. The van der Waals surface area contributed by atoms with E-state index < -0.39 is 5.82 Å². The standard InChI is InChI=1S/C24H27FN4O4S/c1-13-19-23(33-3)28-18(12-32-2)29-24(19)34-20(13)22(31)26-15-9-10-16(25)17(11-15)27-21(30)14-7-5-4-6-8-14/h9-11,14H,4-8,12H2,1-3H3,(H,26,31)(H,27,30). The summed E-state index contributed by atoms with van der Waals surface area (Å²) in [6.45, 7) is 2.02. The monoisotopic (exact) mass is 486 g/mol. The lowest BCUT2D eigenvalue weighted by atomic mass is 9.88. The summed E-state index contributed by atoms with van der Waals surface area (Å²) in [6, 6.07) is 4.13. The molecule has 0 atom stereocenters. The third-order valence-corrected chi connectivity index (χ3v) is 7.12. The summed E-state index contributed by atoms with van der Waals surface area (Å²) in [5.41, 5.74) is 1.12. The number of aromatic nitrogens is 2. The topological polar surface area (TPSA) is 102 Å². The first-order valence-corrected chi connectivity index (χ1v) is 12.0. The number of nitrogens with one attached hydrogen (secondary N) is 2. The highest BCUT2D eigenvalue weighted by molar-refractivity contribution is 7.20. The zero-order valence-electron chi connectivity index (χ0n) is 19.4. The number of carbonyl (C=O) groups excluding carboxylic acids is 2. The predicted molar refractivity (Wildman–Crippen MR) is 129 cm³/mol. The molecule has 1 saturated carbocycles. The Bertz CT molecular complexity index is 1220. The number of halogens is 1. The lowest BCUT2D eigenvalue weighted by molar-refractivity contribution is -0.120. The second-order valence-corrected chi connectivity index (χ2v) is 9.29. The van der Waals surface area contributed by atoms with Crippen LogP contribution in [0.3, 0.4) is 0 Å². The molecule has 1 fully saturated rings. The van der Waals surface area contributed by atoms with Gasteiger partial charge in [-0.05, 0) is 43.5 Å². The van der Waals surface area contributed by atoms with E-state index in [0.717, 1.165) is 32.1 Å². The zero-order chi connectivity index (χ0) is 24.2. The summed E-state index contributed by atoms with van der Waals surface area (Å²) >= 11 is 1.22. The van der Waals surface area contributed by atoms with Gasteiger partial charge in [0.1, 0.15) is 17.3 Å². The van der Waals surface area contributed by atoms with Crippen LogP contribution >= 0.6 is 11.3 Å². The van der Waals surface area contributed by atoms with Gasteiger partial charge in [-0.1, -0.05) is 19.3 Å². The lowest BCUT2D eigenvalue weighted by Crippen LogP contribution is -2.25. The number of nitrogens with zero attached hydrogens (tertiary/aromatic N) is 2. The molecule has 3 aromatic rings. The molecule has 4 rings (SSSR count). The molecular formula is C24H27FN4O4S. The van der Waals surface area contributed by atoms with Gasteiger partial charge in [-0.15, -0.1) is 11.3 Å². The van der Waals surface area contributed by atoms with Crippen molar-refractivity contribution in [3.05, 3.63) is 40.3 Å². The second-order valence-electron chi connectivity index (χ2n) is 8.29. The van der Waals surface area contributed by atoms with E-state index in [9.17, 15) is 14.0 Å². The number of rotatable bonds is 7. The van der Waals surface area contributed by atoms with Crippen LogP contribution in [-0.2, 0) is 16.1 Å².